The summed E-state index contributed by atoms with van der Waals surface area (Å²) in [6.07, 6.45) is -2.74. The normalized spacial score (nSPS) is 15.9. The van der Waals surface area contributed by atoms with Crippen molar-refractivity contribution in [3.63, 3.8) is 0 Å². The average molecular weight is 542 g/mol. The number of alkyl halides is 5. The zero-order valence-corrected chi connectivity index (χ0v) is 20.5. The number of pyridine rings is 2. The second kappa shape index (κ2) is 8.00. The van der Waals surface area contributed by atoms with E-state index in [9.17, 15) is 30.4 Å². The summed E-state index contributed by atoms with van der Waals surface area (Å²) in [5.41, 5.74) is -2.31. The van der Waals surface area contributed by atoms with Crippen molar-refractivity contribution < 1.29 is 34.9 Å². The van der Waals surface area contributed by atoms with Crippen LogP contribution in [0.4, 0.5) is 22.0 Å². The first-order valence-corrected chi connectivity index (χ1v) is 12.7. The van der Waals surface area contributed by atoms with Gasteiger partial charge in [0, 0.05) is 37.5 Å². The molecule has 0 spiro atoms. The molecule has 1 saturated carbocycles. The van der Waals surface area contributed by atoms with Crippen molar-refractivity contribution in [3.05, 3.63) is 36.0 Å². The lowest BCUT2D eigenvalue weighted by Gasteiger charge is -2.13. The fourth-order valence-electron chi connectivity index (χ4n) is 3.93. The van der Waals surface area contributed by atoms with Gasteiger partial charge in [-0.05, 0) is 25.0 Å². The van der Waals surface area contributed by atoms with E-state index in [2.05, 4.69) is 25.1 Å². The van der Waals surface area contributed by atoms with Gasteiger partial charge in [0.15, 0.2) is 21.3 Å². The van der Waals surface area contributed by atoms with Gasteiger partial charge >= 0.3 is 6.18 Å². The molecule has 0 amide bonds. The van der Waals surface area contributed by atoms with E-state index < -0.39 is 33.2 Å². The van der Waals surface area contributed by atoms with Crippen molar-refractivity contribution in [2.75, 3.05) is 5.75 Å². The van der Waals surface area contributed by atoms with Crippen LogP contribution in [0.25, 0.3) is 34.1 Å². The van der Waals surface area contributed by atoms with E-state index in [1.807, 2.05) is 0 Å². The van der Waals surface area contributed by atoms with Gasteiger partial charge in [0.1, 0.15) is 16.6 Å². The van der Waals surface area contributed by atoms with Gasteiger partial charge in [-0.2, -0.15) is 18.2 Å². The van der Waals surface area contributed by atoms with E-state index in [0.717, 1.165) is 19.2 Å². The largest absolute Gasteiger partial charge is 0.403 e. The molecule has 0 bridgehead atoms. The van der Waals surface area contributed by atoms with E-state index in [1.54, 1.807) is 0 Å². The molecule has 1 fully saturated rings. The van der Waals surface area contributed by atoms with Crippen molar-refractivity contribution >= 4 is 21.0 Å². The van der Waals surface area contributed by atoms with Gasteiger partial charge in [0.2, 0.25) is 11.7 Å². The first-order valence-electron chi connectivity index (χ1n) is 11.0. The number of hydrogen-bond acceptors (Lipinski definition) is 8. The molecule has 0 aliphatic heterocycles. The predicted molar refractivity (Wildman–Crippen MR) is 119 cm³/mol. The fraction of sp³-hybridized carbons (Fsp3) is 0.409. The molecule has 196 valence electrons. The van der Waals surface area contributed by atoms with Crippen LogP contribution in [-0.2, 0) is 28.2 Å². The molecule has 15 heteroatoms. The van der Waals surface area contributed by atoms with Gasteiger partial charge in [0.05, 0.1) is 10.6 Å². The Bertz CT molecular complexity index is 1630. The van der Waals surface area contributed by atoms with E-state index in [-0.39, 0.29) is 63.1 Å². The Morgan fingerprint density at radius 1 is 1.08 bits per heavy atom. The molecular weight excluding hydrogens is 523 g/mol. The molecule has 1 aliphatic carbocycles. The van der Waals surface area contributed by atoms with Crippen molar-refractivity contribution in [1.29, 1.82) is 0 Å². The first kappa shape index (κ1) is 25.2. The van der Waals surface area contributed by atoms with Crippen LogP contribution in [0, 0.1) is 0 Å². The predicted octanol–water partition coefficient (Wildman–Crippen LogP) is 4.58. The molecule has 0 unspecified atom stereocenters. The molecule has 4 aromatic heterocycles. The molecule has 37 heavy (non-hydrogen) atoms. The summed E-state index contributed by atoms with van der Waals surface area (Å²) < 4.78 is 100. The lowest BCUT2D eigenvalue weighted by molar-refractivity contribution is -0.166. The molecule has 5 rings (SSSR count). The highest BCUT2D eigenvalue weighted by molar-refractivity contribution is 7.91. The second-order valence-corrected chi connectivity index (χ2v) is 11.2. The lowest BCUT2D eigenvalue weighted by Crippen LogP contribution is -2.28. The quantitative estimate of drug-likeness (QED) is 0.325. The van der Waals surface area contributed by atoms with Crippen LogP contribution in [0.15, 0.2) is 33.9 Å². The molecule has 0 saturated heterocycles. The number of hydrogen-bond donors (Lipinski definition) is 0. The highest BCUT2D eigenvalue weighted by Gasteiger charge is 2.68. The van der Waals surface area contributed by atoms with Crippen molar-refractivity contribution in [1.82, 2.24) is 29.7 Å². The third kappa shape index (κ3) is 4.04. The molecule has 9 nitrogen and oxygen atoms in total. The molecule has 0 N–H and O–H groups in total. The molecule has 0 atom stereocenters. The minimum absolute atomic E-state index is 0.0218. The van der Waals surface area contributed by atoms with E-state index in [0.29, 0.717) is 0 Å². The third-order valence-electron chi connectivity index (χ3n) is 6.38. The number of imidazole rings is 1. The zero-order chi connectivity index (χ0) is 27.0. The van der Waals surface area contributed by atoms with Gasteiger partial charge < -0.3 is 9.09 Å². The number of aromatic nitrogens is 6. The summed E-state index contributed by atoms with van der Waals surface area (Å²) in [5.74, 6) is -4.29. The number of rotatable bonds is 6. The minimum atomic E-state index is -4.56. The fourth-order valence-corrected chi connectivity index (χ4v) is 4.99. The van der Waals surface area contributed by atoms with Crippen molar-refractivity contribution in [2.24, 2.45) is 7.05 Å². The number of halogens is 5. The van der Waals surface area contributed by atoms with Crippen LogP contribution in [0.2, 0.25) is 0 Å². The topological polar surface area (TPSA) is 117 Å². The molecule has 1 aliphatic rings. The smallest absolute Gasteiger partial charge is 0.338 e. The van der Waals surface area contributed by atoms with Crippen LogP contribution in [0.3, 0.4) is 0 Å². The summed E-state index contributed by atoms with van der Waals surface area (Å²) >= 11 is 0. The summed E-state index contributed by atoms with van der Waals surface area (Å²) in [6.45, 7) is 2.12. The summed E-state index contributed by atoms with van der Waals surface area (Å²) in [5, 5.41) is 3.62. The van der Waals surface area contributed by atoms with E-state index in [1.165, 1.54) is 30.8 Å². The Morgan fingerprint density at radius 3 is 2.38 bits per heavy atom. The Hall–Kier alpha value is -3.49. The second-order valence-electron chi connectivity index (χ2n) is 8.93. The van der Waals surface area contributed by atoms with Crippen LogP contribution < -0.4 is 0 Å². The Balaban J connectivity index is 1.63. The first-order chi connectivity index (χ1) is 17.2. The maximum absolute atomic E-state index is 13.8. The summed E-state index contributed by atoms with van der Waals surface area (Å²) in [6, 6.07) is 2.34. The number of fused-ring (bicyclic) bond motifs is 1. The molecule has 4 aromatic rings. The Kier molecular flexibility index (Phi) is 5.44. The summed E-state index contributed by atoms with van der Waals surface area (Å²) in [7, 11) is -2.42. The standard InChI is InChI=1S/C22H19F5N6O3S/c1-4-37(34,35)14-7-11(16-31-19(36-32-16)21(5-6-21)22(25,26)27)9-28-15(14)18-30-13-8-12(20(2,23)24)10-29-17(13)33(18)3/h7-10H,4-6H2,1-3H3. The van der Waals surface area contributed by atoms with E-state index >= 15 is 0 Å². The van der Waals surface area contributed by atoms with Gasteiger partial charge in [-0.15, -0.1) is 0 Å². The zero-order valence-electron chi connectivity index (χ0n) is 19.6. The van der Waals surface area contributed by atoms with Gasteiger partial charge in [-0.3, -0.25) is 4.98 Å². The van der Waals surface area contributed by atoms with Gasteiger partial charge in [0.25, 0.3) is 5.92 Å². The number of aryl methyl sites for hydroxylation is 1. The maximum Gasteiger partial charge on any atom is 0.403 e. The van der Waals surface area contributed by atoms with Crippen LogP contribution >= 0.6 is 0 Å². The summed E-state index contributed by atoms with van der Waals surface area (Å²) in [4.78, 5) is 16.2. The maximum atomic E-state index is 13.8. The highest BCUT2D eigenvalue weighted by Crippen LogP contribution is 2.58. The number of sulfone groups is 1. The third-order valence-corrected chi connectivity index (χ3v) is 8.12. The molecule has 0 radical (unpaired) electrons. The molecule has 0 aromatic carbocycles. The minimum Gasteiger partial charge on any atom is -0.338 e. The van der Waals surface area contributed by atoms with Gasteiger partial charge in [-0.1, -0.05) is 12.1 Å². The average Bonchev–Trinajstić information content (AvgIpc) is 3.40. The van der Waals surface area contributed by atoms with Gasteiger partial charge in [-0.25, -0.2) is 27.2 Å². The monoisotopic (exact) mass is 542 g/mol. The molecular formula is C22H19F5N6O3S. The van der Waals surface area contributed by atoms with Crippen molar-refractivity contribution in [3.8, 4) is 22.9 Å². The highest BCUT2D eigenvalue weighted by atomic mass is 32.2. The molecule has 4 heterocycles. The van der Waals surface area contributed by atoms with Crippen LogP contribution in [0.5, 0.6) is 0 Å². The Labute approximate surface area is 206 Å². The van der Waals surface area contributed by atoms with Crippen LogP contribution in [0.1, 0.15) is 38.1 Å². The number of nitrogens with zero attached hydrogens (tertiary/aromatic N) is 6. The SMILES string of the molecule is CCS(=O)(=O)c1cc(-c2noc(C3(C(F)(F)F)CC3)n2)cnc1-c1nc2cc(C(C)(F)F)cnc2n1C. The Morgan fingerprint density at radius 2 is 1.78 bits per heavy atom. The van der Waals surface area contributed by atoms with E-state index in [4.69, 9.17) is 4.52 Å². The van der Waals surface area contributed by atoms with Crippen molar-refractivity contribution in [2.45, 2.75) is 49.1 Å². The lowest BCUT2D eigenvalue weighted by atomic mass is 10.1. The van der Waals surface area contributed by atoms with Crippen LogP contribution in [-0.4, -0.2) is 50.0 Å².